The highest BCUT2D eigenvalue weighted by atomic mass is 79.9. The maximum atomic E-state index is 13.2. The Morgan fingerprint density at radius 1 is 1.33 bits per heavy atom. The van der Waals surface area contributed by atoms with Crippen molar-refractivity contribution in [1.29, 1.82) is 0 Å². The second-order valence-corrected chi connectivity index (χ2v) is 5.47. The molecule has 21 heavy (non-hydrogen) atoms. The van der Waals surface area contributed by atoms with Crippen LogP contribution in [-0.2, 0) is 6.54 Å². The summed E-state index contributed by atoms with van der Waals surface area (Å²) in [6.45, 7) is 0.391. The molecule has 5 nitrogen and oxygen atoms in total. The summed E-state index contributed by atoms with van der Waals surface area (Å²) < 4.78 is 15.6. The van der Waals surface area contributed by atoms with Crippen molar-refractivity contribution in [1.82, 2.24) is 9.55 Å². The van der Waals surface area contributed by atoms with Gasteiger partial charge in [-0.15, -0.1) is 0 Å². The zero-order valence-corrected chi connectivity index (χ0v) is 12.2. The molecule has 0 bridgehead atoms. The van der Waals surface area contributed by atoms with Crippen molar-refractivity contribution in [2.75, 3.05) is 0 Å². The summed E-state index contributed by atoms with van der Waals surface area (Å²) in [6, 6.07) is 9.40. The Labute approximate surface area is 127 Å². The molecule has 0 aliphatic carbocycles. The molecule has 0 radical (unpaired) electrons. The van der Waals surface area contributed by atoms with E-state index in [1.165, 1.54) is 24.5 Å². The van der Waals surface area contributed by atoms with Crippen LogP contribution in [0.5, 0.6) is 0 Å². The largest absolute Gasteiger partial charge is 0.326 e. The first-order valence-corrected chi connectivity index (χ1v) is 6.87. The van der Waals surface area contributed by atoms with Crippen LogP contribution in [0.15, 0.2) is 47.2 Å². The molecule has 0 amide bonds. The van der Waals surface area contributed by atoms with E-state index in [9.17, 15) is 14.5 Å². The SMILES string of the molecule is O=[N+]([O-])c1cc(Br)cc2c1ncn2Cc1cccc(F)c1. The summed E-state index contributed by atoms with van der Waals surface area (Å²) in [4.78, 5) is 14.7. The van der Waals surface area contributed by atoms with Gasteiger partial charge in [0, 0.05) is 17.1 Å². The van der Waals surface area contributed by atoms with E-state index >= 15 is 0 Å². The van der Waals surface area contributed by atoms with Gasteiger partial charge in [-0.05, 0) is 23.8 Å². The number of halogens is 2. The van der Waals surface area contributed by atoms with E-state index in [0.717, 1.165) is 5.56 Å². The third kappa shape index (κ3) is 2.64. The van der Waals surface area contributed by atoms with Gasteiger partial charge in [0.15, 0.2) is 5.52 Å². The second kappa shape index (κ2) is 5.25. The number of nitro benzene ring substituents is 1. The Morgan fingerprint density at radius 3 is 2.86 bits per heavy atom. The third-order valence-corrected chi connectivity index (χ3v) is 3.57. The number of nitrogens with zero attached hydrogens (tertiary/aromatic N) is 3. The minimum atomic E-state index is -0.466. The first-order valence-electron chi connectivity index (χ1n) is 6.08. The van der Waals surface area contributed by atoms with E-state index in [2.05, 4.69) is 20.9 Å². The molecule has 3 rings (SSSR count). The Balaban J connectivity index is 2.10. The molecule has 0 saturated heterocycles. The Hall–Kier alpha value is -2.28. The molecule has 0 saturated carbocycles. The van der Waals surface area contributed by atoms with Crippen LogP contribution < -0.4 is 0 Å². The fourth-order valence-corrected chi connectivity index (χ4v) is 2.64. The van der Waals surface area contributed by atoms with Gasteiger partial charge in [0.1, 0.15) is 5.82 Å². The topological polar surface area (TPSA) is 61.0 Å². The normalized spacial score (nSPS) is 11.0. The Morgan fingerprint density at radius 2 is 2.14 bits per heavy atom. The van der Waals surface area contributed by atoms with Gasteiger partial charge in [-0.1, -0.05) is 28.1 Å². The second-order valence-electron chi connectivity index (χ2n) is 4.55. The van der Waals surface area contributed by atoms with E-state index in [1.54, 1.807) is 22.8 Å². The fourth-order valence-electron chi connectivity index (χ4n) is 2.21. The van der Waals surface area contributed by atoms with Gasteiger partial charge >= 0.3 is 0 Å². The number of rotatable bonds is 3. The first-order chi connectivity index (χ1) is 10.0. The van der Waals surface area contributed by atoms with E-state index in [1.807, 2.05) is 0 Å². The van der Waals surface area contributed by atoms with Gasteiger partial charge in [0.05, 0.1) is 16.8 Å². The maximum absolute atomic E-state index is 13.2. The van der Waals surface area contributed by atoms with E-state index in [0.29, 0.717) is 22.1 Å². The lowest BCUT2D eigenvalue weighted by Crippen LogP contribution is -1.98. The highest BCUT2D eigenvalue weighted by molar-refractivity contribution is 9.10. The standard InChI is InChI=1S/C14H9BrFN3O2/c15-10-5-12-14(13(6-10)19(20)21)17-8-18(12)7-9-2-1-3-11(16)4-9/h1-6,8H,7H2. The van der Waals surface area contributed by atoms with Crippen molar-refractivity contribution in [2.24, 2.45) is 0 Å². The lowest BCUT2D eigenvalue weighted by atomic mass is 10.2. The molecule has 0 atom stereocenters. The average Bonchev–Trinajstić information content (AvgIpc) is 2.81. The van der Waals surface area contributed by atoms with Gasteiger partial charge < -0.3 is 4.57 Å². The molecule has 0 spiro atoms. The predicted molar refractivity (Wildman–Crippen MR) is 79.6 cm³/mol. The molecule has 0 aliphatic heterocycles. The molecule has 2 aromatic carbocycles. The number of nitro groups is 1. The van der Waals surface area contributed by atoms with Crippen molar-refractivity contribution in [3.63, 3.8) is 0 Å². The molecule has 0 N–H and O–H groups in total. The van der Waals surface area contributed by atoms with Gasteiger partial charge in [-0.2, -0.15) is 0 Å². The van der Waals surface area contributed by atoms with Crippen molar-refractivity contribution >= 4 is 32.7 Å². The quantitative estimate of drug-likeness (QED) is 0.532. The minimum Gasteiger partial charge on any atom is -0.326 e. The van der Waals surface area contributed by atoms with Crippen molar-refractivity contribution in [3.05, 3.63) is 68.7 Å². The summed E-state index contributed by atoms with van der Waals surface area (Å²) >= 11 is 3.26. The fraction of sp³-hybridized carbons (Fsp3) is 0.0714. The minimum absolute atomic E-state index is 0.0580. The predicted octanol–water partition coefficient (Wildman–Crippen LogP) is 3.89. The molecular weight excluding hydrogens is 341 g/mol. The number of fused-ring (bicyclic) bond motifs is 1. The Kier molecular flexibility index (Phi) is 3.42. The summed E-state index contributed by atoms with van der Waals surface area (Å²) in [5.41, 5.74) is 1.65. The van der Waals surface area contributed by atoms with Crippen LogP contribution in [0.3, 0.4) is 0 Å². The van der Waals surface area contributed by atoms with Crippen LogP contribution in [-0.4, -0.2) is 14.5 Å². The summed E-state index contributed by atoms with van der Waals surface area (Å²) in [6.07, 6.45) is 1.52. The summed E-state index contributed by atoms with van der Waals surface area (Å²) in [5.74, 6) is -0.316. The van der Waals surface area contributed by atoms with Gasteiger partial charge in [0.25, 0.3) is 5.69 Å². The van der Waals surface area contributed by atoms with Crippen molar-refractivity contribution < 1.29 is 9.31 Å². The number of hydrogen-bond acceptors (Lipinski definition) is 3. The van der Waals surface area contributed by atoms with E-state index in [-0.39, 0.29) is 11.5 Å². The summed E-state index contributed by atoms with van der Waals surface area (Å²) in [7, 11) is 0. The molecule has 0 unspecified atom stereocenters. The number of non-ortho nitro benzene ring substituents is 1. The molecule has 3 aromatic rings. The first kappa shape index (κ1) is 13.7. The van der Waals surface area contributed by atoms with Gasteiger partial charge in [-0.25, -0.2) is 9.37 Å². The number of benzene rings is 2. The van der Waals surface area contributed by atoms with Crippen LogP contribution in [0, 0.1) is 15.9 Å². The molecule has 1 heterocycles. The zero-order chi connectivity index (χ0) is 15.0. The monoisotopic (exact) mass is 349 g/mol. The van der Waals surface area contributed by atoms with Gasteiger partial charge in [-0.3, -0.25) is 10.1 Å². The molecular formula is C14H9BrFN3O2. The third-order valence-electron chi connectivity index (χ3n) is 3.11. The van der Waals surface area contributed by atoms with E-state index in [4.69, 9.17) is 0 Å². The van der Waals surface area contributed by atoms with Crippen molar-refractivity contribution in [2.45, 2.75) is 6.54 Å². The lowest BCUT2D eigenvalue weighted by molar-refractivity contribution is -0.383. The number of aromatic nitrogens is 2. The van der Waals surface area contributed by atoms with Crippen LogP contribution in [0.4, 0.5) is 10.1 Å². The average molecular weight is 350 g/mol. The molecule has 0 aliphatic rings. The van der Waals surface area contributed by atoms with Crippen molar-refractivity contribution in [3.8, 4) is 0 Å². The van der Waals surface area contributed by atoms with Crippen LogP contribution in [0.1, 0.15) is 5.56 Å². The molecule has 1 aromatic heterocycles. The molecule has 106 valence electrons. The smallest absolute Gasteiger partial charge is 0.298 e. The zero-order valence-electron chi connectivity index (χ0n) is 10.7. The maximum Gasteiger partial charge on any atom is 0.298 e. The van der Waals surface area contributed by atoms with Gasteiger partial charge in [0.2, 0.25) is 0 Å². The Bertz CT molecular complexity index is 847. The molecule has 0 fully saturated rings. The van der Waals surface area contributed by atoms with Crippen LogP contribution in [0.2, 0.25) is 0 Å². The highest BCUT2D eigenvalue weighted by Gasteiger charge is 2.17. The van der Waals surface area contributed by atoms with E-state index < -0.39 is 4.92 Å². The lowest BCUT2D eigenvalue weighted by Gasteiger charge is -2.05. The van der Waals surface area contributed by atoms with Crippen LogP contribution in [0.25, 0.3) is 11.0 Å². The number of imidazole rings is 1. The summed E-state index contributed by atoms with van der Waals surface area (Å²) in [5, 5.41) is 11.1. The molecule has 7 heteroatoms. The van der Waals surface area contributed by atoms with Crippen LogP contribution >= 0.6 is 15.9 Å². The number of hydrogen-bond donors (Lipinski definition) is 0. The highest BCUT2D eigenvalue weighted by Crippen LogP contribution is 2.29.